The van der Waals surface area contributed by atoms with Crippen molar-refractivity contribution >= 4 is 28.3 Å². The molecule has 0 saturated carbocycles. The molecule has 2 heterocycles. The molecule has 1 amide bonds. The molecule has 0 aliphatic heterocycles. The maximum absolute atomic E-state index is 14.9. The number of halogens is 2. The first-order chi connectivity index (χ1) is 17.8. The Morgan fingerprint density at radius 3 is 2.54 bits per heavy atom. The van der Waals surface area contributed by atoms with Gasteiger partial charge in [-0.3, -0.25) is 14.5 Å². The standard InChI is InChI=1S/C27H23F2N3O4S/c1-32(26(35)18(11-24(33)34)10-16-6-4-3-5-7-16)27-31-22(15-37-27)20-12-19(28)13-21(29)25(20)17-8-9-23(36-2)30-14-17/h3-9,12-15,18H,10-11H2,1-2H3,(H,33,34)/t18-/m1/s1. The Morgan fingerprint density at radius 2 is 1.89 bits per heavy atom. The number of methoxy groups -OCH3 is 1. The third kappa shape index (κ3) is 5.97. The van der Waals surface area contributed by atoms with Crippen LogP contribution < -0.4 is 9.64 Å². The highest BCUT2D eigenvalue weighted by atomic mass is 32.1. The number of nitrogens with zero attached hydrogens (tertiary/aromatic N) is 3. The maximum atomic E-state index is 14.9. The van der Waals surface area contributed by atoms with Crippen LogP contribution in [0.15, 0.2) is 66.2 Å². The van der Waals surface area contributed by atoms with Crippen molar-refractivity contribution in [1.29, 1.82) is 0 Å². The molecule has 7 nitrogen and oxygen atoms in total. The highest BCUT2D eigenvalue weighted by molar-refractivity contribution is 7.14. The normalized spacial score (nSPS) is 11.7. The van der Waals surface area contributed by atoms with Crippen molar-refractivity contribution in [3.05, 3.63) is 83.4 Å². The summed E-state index contributed by atoms with van der Waals surface area (Å²) in [7, 11) is 2.96. The van der Waals surface area contributed by atoms with Gasteiger partial charge in [0, 0.05) is 47.4 Å². The van der Waals surface area contributed by atoms with Crippen molar-refractivity contribution in [2.45, 2.75) is 12.8 Å². The van der Waals surface area contributed by atoms with E-state index in [1.807, 2.05) is 30.3 Å². The summed E-state index contributed by atoms with van der Waals surface area (Å²) in [6.45, 7) is 0. The number of benzene rings is 2. The lowest BCUT2D eigenvalue weighted by Crippen LogP contribution is -2.35. The molecule has 0 spiro atoms. The van der Waals surface area contributed by atoms with Crippen LogP contribution in [0.5, 0.6) is 5.88 Å². The number of hydrogen-bond acceptors (Lipinski definition) is 6. The maximum Gasteiger partial charge on any atom is 0.304 e. The highest BCUT2D eigenvalue weighted by Gasteiger charge is 2.28. The zero-order chi connectivity index (χ0) is 26.5. The number of hydrogen-bond donors (Lipinski definition) is 1. The van der Waals surface area contributed by atoms with Gasteiger partial charge in [-0.2, -0.15) is 0 Å². The van der Waals surface area contributed by atoms with Crippen LogP contribution in [0.3, 0.4) is 0 Å². The highest BCUT2D eigenvalue weighted by Crippen LogP contribution is 2.37. The van der Waals surface area contributed by atoms with Crippen molar-refractivity contribution in [2.24, 2.45) is 5.92 Å². The molecule has 4 aromatic rings. The van der Waals surface area contributed by atoms with Crippen molar-refractivity contribution in [3.8, 4) is 28.3 Å². The van der Waals surface area contributed by atoms with Gasteiger partial charge in [0.25, 0.3) is 0 Å². The molecule has 2 aromatic heterocycles. The minimum Gasteiger partial charge on any atom is -0.481 e. The minimum absolute atomic E-state index is 0.107. The van der Waals surface area contributed by atoms with E-state index in [1.54, 1.807) is 17.5 Å². The SMILES string of the molecule is COc1ccc(-c2c(F)cc(F)cc2-c2csc(N(C)C(=O)[C@@H](CC(=O)O)Cc3ccccc3)n2)cn1. The quantitative estimate of drug-likeness (QED) is 0.313. The molecule has 190 valence electrons. The van der Waals surface area contributed by atoms with E-state index in [1.165, 1.54) is 31.3 Å². The number of anilines is 1. The van der Waals surface area contributed by atoms with Gasteiger partial charge in [-0.05, 0) is 24.1 Å². The predicted octanol–water partition coefficient (Wildman–Crippen LogP) is 5.46. The number of pyridine rings is 1. The molecule has 1 N–H and O–H groups in total. The monoisotopic (exact) mass is 523 g/mol. The van der Waals surface area contributed by atoms with Crippen molar-refractivity contribution in [1.82, 2.24) is 9.97 Å². The molecule has 0 saturated heterocycles. The number of ether oxygens (including phenoxy) is 1. The molecule has 10 heteroatoms. The van der Waals surface area contributed by atoms with E-state index >= 15 is 0 Å². The first-order valence-corrected chi connectivity index (χ1v) is 12.1. The number of carbonyl (C=O) groups is 2. The Hall–Kier alpha value is -4.18. The molecule has 4 rings (SSSR count). The van der Waals surface area contributed by atoms with Crippen LogP contribution in [0.4, 0.5) is 13.9 Å². The largest absolute Gasteiger partial charge is 0.481 e. The molecule has 0 fully saturated rings. The number of rotatable bonds is 9. The first-order valence-electron chi connectivity index (χ1n) is 11.3. The van der Waals surface area contributed by atoms with Gasteiger partial charge >= 0.3 is 5.97 Å². The Balaban J connectivity index is 1.65. The van der Waals surface area contributed by atoms with Crippen molar-refractivity contribution in [2.75, 3.05) is 19.1 Å². The van der Waals surface area contributed by atoms with E-state index in [9.17, 15) is 23.5 Å². The molecule has 37 heavy (non-hydrogen) atoms. The van der Waals surface area contributed by atoms with Gasteiger partial charge in [0.05, 0.1) is 25.1 Å². The number of carbonyl (C=O) groups excluding carboxylic acids is 1. The summed E-state index contributed by atoms with van der Waals surface area (Å²) in [6.07, 6.45) is 1.32. The molecule has 0 bridgehead atoms. The molecular weight excluding hydrogens is 500 g/mol. The number of aliphatic carboxylic acids is 1. The van der Waals surface area contributed by atoms with Crippen LogP contribution in [0.2, 0.25) is 0 Å². The first kappa shape index (κ1) is 25.9. The van der Waals surface area contributed by atoms with Gasteiger partial charge in [0.2, 0.25) is 11.8 Å². The molecule has 0 aliphatic carbocycles. The summed E-state index contributed by atoms with van der Waals surface area (Å²) < 4.78 is 34.2. The molecular formula is C27H23F2N3O4S. The molecule has 0 radical (unpaired) electrons. The summed E-state index contributed by atoms with van der Waals surface area (Å²) in [6, 6.07) is 14.3. The van der Waals surface area contributed by atoms with E-state index in [-0.39, 0.29) is 34.8 Å². The fourth-order valence-electron chi connectivity index (χ4n) is 3.98. The third-order valence-corrected chi connectivity index (χ3v) is 6.69. The van der Waals surface area contributed by atoms with E-state index in [0.717, 1.165) is 23.0 Å². The van der Waals surface area contributed by atoms with Gasteiger partial charge in [-0.15, -0.1) is 11.3 Å². The van der Waals surface area contributed by atoms with Crippen LogP contribution in [0.1, 0.15) is 12.0 Å². The lowest BCUT2D eigenvalue weighted by Gasteiger charge is -2.21. The van der Waals surface area contributed by atoms with Gasteiger partial charge in [0.1, 0.15) is 11.6 Å². The predicted molar refractivity (Wildman–Crippen MR) is 137 cm³/mol. The lowest BCUT2D eigenvalue weighted by atomic mass is 9.95. The number of carboxylic acids is 1. The Morgan fingerprint density at radius 1 is 1.14 bits per heavy atom. The Labute approximate surface area is 216 Å². The van der Waals surface area contributed by atoms with Gasteiger partial charge in [-0.1, -0.05) is 30.3 Å². The number of aromatic nitrogens is 2. The number of carboxylic acid groups (broad SMARTS) is 1. The summed E-state index contributed by atoms with van der Waals surface area (Å²) in [4.78, 5) is 34.6. The van der Waals surface area contributed by atoms with E-state index in [0.29, 0.717) is 11.4 Å². The molecule has 0 unspecified atom stereocenters. The molecule has 0 aliphatic rings. The van der Waals surface area contributed by atoms with Crippen LogP contribution in [0.25, 0.3) is 22.4 Å². The topological polar surface area (TPSA) is 92.6 Å². The zero-order valence-corrected chi connectivity index (χ0v) is 20.8. The average molecular weight is 524 g/mol. The summed E-state index contributed by atoms with van der Waals surface area (Å²) in [5, 5.41) is 11.2. The van der Waals surface area contributed by atoms with Gasteiger partial charge in [-0.25, -0.2) is 18.7 Å². The summed E-state index contributed by atoms with van der Waals surface area (Å²) in [5.74, 6) is -3.54. The lowest BCUT2D eigenvalue weighted by molar-refractivity contribution is -0.140. The Kier molecular flexibility index (Phi) is 7.88. The van der Waals surface area contributed by atoms with Crippen LogP contribution in [0, 0.1) is 17.6 Å². The van der Waals surface area contributed by atoms with Crippen molar-refractivity contribution < 1.29 is 28.2 Å². The van der Waals surface area contributed by atoms with E-state index < -0.39 is 29.4 Å². The second kappa shape index (κ2) is 11.3. The number of amides is 1. The fraction of sp³-hybridized carbons (Fsp3) is 0.185. The molecule has 2 aromatic carbocycles. The van der Waals surface area contributed by atoms with Gasteiger partial charge in [0.15, 0.2) is 5.13 Å². The van der Waals surface area contributed by atoms with Crippen LogP contribution in [-0.4, -0.2) is 41.1 Å². The average Bonchev–Trinajstić information content (AvgIpc) is 3.38. The van der Waals surface area contributed by atoms with E-state index in [2.05, 4.69) is 9.97 Å². The Bertz CT molecular complexity index is 1410. The van der Waals surface area contributed by atoms with Gasteiger partial charge < -0.3 is 9.84 Å². The molecule has 1 atom stereocenters. The zero-order valence-electron chi connectivity index (χ0n) is 20.0. The summed E-state index contributed by atoms with van der Waals surface area (Å²) >= 11 is 1.11. The fourth-order valence-corrected chi connectivity index (χ4v) is 4.78. The van der Waals surface area contributed by atoms with E-state index in [4.69, 9.17) is 4.74 Å². The van der Waals surface area contributed by atoms with Crippen LogP contribution >= 0.6 is 11.3 Å². The third-order valence-electron chi connectivity index (χ3n) is 5.77. The second-order valence-electron chi connectivity index (χ2n) is 8.30. The van der Waals surface area contributed by atoms with Crippen molar-refractivity contribution in [3.63, 3.8) is 0 Å². The second-order valence-corrected chi connectivity index (χ2v) is 9.13. The summed E-state index contributed by atoms with van der Waals surface area (Å²) in [5.41, 5.74) is 1.80. The number of thiazole rings is 1. The van der Waals surface area contributed by atoms with Crippen LogP contribution in [-0.2, 0) is 16.0 Å². The smallest absolute Gasteiger partial charge is 0.304 e. The minimum atomic E-state index is -1.09.